The number of hydrogen-bond acceptors (Lipinski definition) is 5. The van der Waals surface area contributed by atoms with Gasteiger partial charge in [-0.15, -0.1) is 0 Å². The highest BCUT2D eigenvalue weighted by molar-refractivity contribution is 6.32. The third kappa shape index (κ3) is 3.19. The van der Waals surface area contributed by atoms with Crippen LogP contribution in [-0.2, 0) is 4.74 Å². The van der Waals surface area contributed by atoms with Crippen molar-refractivity contribution in [1.29, 1.82) is 0 Å². The molecule has 1 heterocycles. The molecule has 16 heavy (non-hydrogen) atoms. The molecule has 0 aliphatic rings. The molecule has 3 N–H and O–H groups in total. The van der Waals surface area contributed by atoms with Gasteiger partial charge < -0.3 is 20.4 Å². The monoisotopic (exact) mass is 246 g/mol. The summed E-state index contributed by atoms with van der Waals surface area (Å²) in [6, 6.07) is -0.160. The Kier molecular flexibility index (Phi) is 4.72. The Morgan fingerprint density at radius 2 is 2.44 bits per heavy atom. The molecule has 1 atom stereocenters. The Hall–Kier alpha value is -1.11. The Labute approximate surface area is 98.4 Å². The average molecular weight is 247 g/mol. The predicted molar refractivity (Wildman–Crippen MR) is 63.0 cm³/mol. The zero-order chi connectivity index (χ0) is 12.1. The van der Waals surface area contributed by atoms with E-state index in [9.17, 15) is 4.79 Å². The number of aromatic amines is 1. The standard InChI is InChI=1S/C9H15ClN4O2/c1-14(3-6(11)4-16-2)8-7(10)9(15)13-5-12-8/h5-6H,3-4,11H2,1-2H3,(H,12,13,15). The molecule has 1 rings (SSSR count). The molecule has 1 aromatic heterocycles. The fourth-order valence-corrected chi connectivity index (χ4v) is 1.59. The van der Waals surface area contributed by atoms with Crippen LogP contribution in [0.4, 0.5) is 5.82 Å². The lowest BCUT2D eigenvalue weighted by Crippen LogP contribution is -2.39. The van der Waals surface area contributed by atoms with Gasteiger partial charge in [-0.25, -0.2) is 4.98 Å². The van der Waals surface area contributed by atoms with Gasteiger partial charge in [-0.2, -0.15) is 0 Å². The quantitative estimate of drug-likeness (QED) is 0.754. The molecule has 0 amide bonds. The predicted octanol–water partition coefficient (Wildman–Crippen LogP) is -0.167. The molecule has 0 spiro atoms. The van der Waals surface area contributed by atoms with Gasteiger partial charge in [0.05, 0.1) is 12.9 Å². The molecule has 0 aromatic carbocycles. The lowest BCUT2D eigenvalue weighted by molar-refractivity contribution is 0.181. The molecule has 0 radical (unpaired) electrons. The highest BCUT2D eigenvalue weighted by Crippen LogP contribution is 2.16. The summed E-state index contributed by atoms with van der Waals surface area (Å²) in [6.07, 6.45) is 1.31. The average Bonchev–Trinajstić information content (AvgIpc) is 2.22. The molecule has 0 saturated carbocycles. The number of rotatable bonds is 5. The number of aromatic nitrogens is 2. The van der Waals surface area contributed by atoms with Crippen molar-refractivity contribution < 1.29 is 4.74 Å². The van der Waals surface area contributed by atoms with Crippen LogP contribution in [0.1, 0.15) is 0 Å². The van der Waals surface area contributed by atoms with Crippen molar-refractivity contribution >= 4 is 17.4 Å². The van der Waals surface area contributed by atoms with Crippen molar-refractivity contribution in [2.24, 2.45) is 5.73 Å². The van der Waals surface area contributed by atoms with Crippen LogP contribution in [0.3, 0.4) is 0 Å². The molecule has 90 valence electrons. The van der Waals surface area contributed by atoms with Crippen molar-refractivity contribution in [3.05, 3.63) is 21.7 Å². The molecule has 1 aromatic rings. The van der Waals surface area contributed by atoms with E-state index in [0.29, 0.717) is 19.0 Å². The number of nitrogens with zero attached hydrogens (tertiary/aromatic N) is 2. The van der Waals surface area contributed by atoms with Crippen molar-refractivity contribution in [1.82, 2.24) is 9.97 Å². The SMILES string of the molecule is COCC(N)CN(C)c1nc[nH]c(=O)c1Cl. The van der Waals surface area contributed by atoms with Crippen molar-refractivity contribution in [2.45, 2.75) is 6.04 Å². The normalized spacial score (nSPS) is 12.5. The molecule has 0 aliphatic carbocycles. The lowest BCUT2D eigenvalue weighted by atomic mass is 10.3. The first-order valence-electron chi connectivity index (χ1n) is 4.75. The van der Waals surface area contributed by atoms with Gasteiger partial charge in [0.2, 0.25) is 0 Å². The van der Waals surface area contributed by atoms with Gasteiger partial charge in [-0.1, -0.05) is 11.6 Å². The number of nitrogens with one attached hydrogen (secondary N) is 1. The second-order valence-corrected chi connectivity index (χ2v) is 3.84. The molecule has 0 saturated heterocycles. The minimum atomic E-state index is -0.362. The summed E-state index contributed by atoms with van der Waals surface area (Å²) in [6.45, 7) is 0.940. The van der Waals surface area contributed by atoms with Crippen LogP contribution < -0.4 is 16.2 Å². The van der Waals surface area contributed by atoms with E-state index in [1.807, 2.05) is 0 Å². The summed E-state index contributed by atoms with van der Waals surface area (Å²) in [5.74, 6) is 0.414. The smallest absolute Gasteiger partial charge is 0.271 e. The molecule has 0 bridgehead atoms. The van der Waals surface area contributed by atoms with Gasteiger partial charge in [-0.05, 0) is 0 Å². The summed E-state index contributed by atoms with van der Waals surface area (Å²) in [5, 5.41) is 0.0645. The fraction of sp³-hybridized carbons (Fsp3) is 0.556. The maximum absolute atomic E-state index is 11.2. The summed E-state index contributed by atoms with van der Waals surface area (Å²) < 4.78 is 4.92. The van der Waals surface area contributed by atoms with Crippen molar-refractivity contribution in [2.75, 3.05) is 32.2 Å². The van der Waals surface area contributed by atoms with Gasteiger partial charge in [0.1, 0.15) is 5.02 Å². The third-order valence-electron chi connectivity index (χ3n) is 2.03. The molecular weight excluding hydrogens is 232 g/mol. The van der Waals surface area contributed by atoms with E-state index in [-0.39, 0.29) is 16.6 Å². The molecule has 1 unspecified atom stereocenters. The highest BCUT2D eigenvalue weighted by Gasteiger charge is 2.13. The van der Waals surface area contributed by atoms with Crippen LogP contribution in [0.2, 0.25) is 5.02 Å². The molecule has 6 nitrogen and oxygen atoms in total. The van der Waals surface area contributed by atoms with Gasteiger partial charge in [-0.3, -0.25) is 4.79 Å². The van der Waals surface area contributed by atoms with Crippen LogP contribution in [0.25, 0.3) is 0 Å². The van der Waals surface area contributed by atoms with Crippen LogP contribution >= 0.6 is 11.6 Å². The van der Waals surface area contributed by atoms with Crippen molar-refractivity contribution in [3.8, 4) is 0 Å². The summed E-state index contributed by atoms with van der Waals surface area (Å²) in [4.78, 5) is 19.4. The molecular formula is C9H15ClN4O2. The van der Waals surface area contributed by atoms with Gasteiger partial charge in [0.25, 0.3) is 5.56 Å². The van der Waals surface area contributed by atoms with Crippen LogP contribution in [0.15, 0.2) is 11.1 Å². The van der Waals surface area contributed by atoms with E-state index in [1.54, 1.807) is 19.1 Å². The largest absolute Gasteiger partial charge is 0.383 e. The Balaban J connectivity index is 2.76. The summed E-state index contributed by atoms with van der Waals surface area (Å²) >= 11 is 5.83. The molecule has 0 aliphatic heterocycles. The maximum Gasteiger partial charge on any atom is 0.271 e. The van der Waals surface area contributed by atoms with E-state index in [2.05, 4.69) is 9.97 Å². The Morgan fingerprint density at radius 3 is 3.06 bits per heavy atom. The Bertz CT molecular complexity index is 395. The number of ether oxygens (including phenoxy) is 1. The number of methoxy groups -OCH3 is 1. The number of nitrogens with two attached hydrogens (primary N) is 1. The molecule has 7 heteroatoms. The minimum Gasteiger partial charge on any atom is -0.383 e. The van der Waals surface area contributed by atoms with Gasteiger partial charge >= 0.3 is 0 Å². The topological polar surface area (TPSA) is 84.2 Å². The van der Waals surface area contributed by atoms with Crippen molar-refractivity contribution in [3.63, 3.8) is 0 Å². The Morgan fingerprint density at radius 1 is 1.75 bits per heavy atom. The fourth-order valence-electron chi connectivity index (χ4n) is 1.34. The van der Waals surface area contributed by atoms with E-state index in [1.165, 1.54) is 6.33 Å². The van der Waals surface area contributed by atoms with E-state index in [0.717, 1.165) is 0 Å². The number of H-pyrrole nitrogens is 1. The first-order valence-corrected chi connectivity index (χ1v) is 5.13. The van der Waals surface area contributed by atoms with E-state index in [4.69, 9.17) is 22.1 Å². The van der Waals surface area contributed by atoms with Gasteiger partial charge in [0.15, 0.2) is 5.82 Å². The van der Waals surface area contributed by atoms with Crippen LogP contribution in [-0.4, -0.2) is 43.3 Å². The number of likely N-dealkylation sites (N-methyl/N-ethyl adjacent to an activating group) is 1. The first-order chi connectivity index (χ1) is 7.56. The van der Waals surface area contributed by atoms with Crippen LogP contribution in [0.5, 0.6) is 0 Å². The maximum atomic E-state index is 11.2. The zero-order valence-corrected chi connectivity index (χ0v) is 9.99. The summed E-state index contributed by atoms with van der Waals surface area (Å²) in [7, 11) is 3.35. The number of halogens is 1. The third-order valence-corrected chi connectivity index (χ3v) is 2.37. The molecule has 0 fully saturated rings. The second-order valence-electron chi connectivity index (χ2n) is 3.47. The lowest BCUT2D eigenvalue weighted by Gasteiger charge is -2.22. The highest BCUT2D eigenvalue weighted by atomic mass is 35.5. The number of hydrogen-bond donors (Lipinski definition) is 2. The number of anilines is 1. The minimum absolute atomic E-state index is 0.0645. The van der Waals surface area contributed by atoms with E-state index >= 15 is 0 Å². The zero-order valence-electron chi connectivity index (χ0n) is 9.24. The second kappa shape index (κ2) is 5.83. The first kappa shape index (κ1) is 13.0. The summed E-state index contributed by atoms with van der Waals surface area (Å²) in [5.41, 5.74) is 5.42. The van der Waals surface area contributed by atoms with Crippen LogP contribution in [0, 0.1) is 0 Å². The van der Waals surface area contributed by atoms with E-state index < -0.39 is 0 Å². The van der Waals surface area contributed by atoms with Gasteiger partial charge in [0, 0.05) is 26.7 Å².